The molecule has 1 N–H and O–H groups in total. The Labute approximate surface area is 213 Å². The van der Waals surface area contributed by atoms with E-state index in [1.54, 1.807) is 24.3 Å². The molecule has 190 valence electrons. The zero-order valence-corrected chi connectivity index (χ0v) is 20.4. The van der Waals surface area contributed by atoms with Gasteiger partial charge in [0.15, 0.2) is 0 Å². The number of rotatable bonds is 9. The van der Waals surface area contributed by atoms with Crippen molar-refractivity contribution in [2.45, 2.75) is 19.6 Å². The fourth-order valence-corrected chi connectivity index (χ4v) is 4.19. The maximum Gasteiger partial charge on any atom is 0.295 e. The number of hydrogen-bond donors (Lipinski definition) is 1. The van der Waals surface area contributed by atoms with Gasteiger partial charge in [0.25, 0.3) is 17.4 Å². The summed E-state index contributed by atoms with van der Waals surface area (Å²) < 4.78 is 11.1. The van der Waals surface area contributed by atoms with Crippen LogP contribution < -0.4 is 4.74 Å². The predicted octanol–water partition coefficient (Wildman–Crippen LogP) is 4.55. The van der Waals surface area contributed by atoms with Crippen molar-refractivity contribution in [2.75, 3.05) is 20.3 Å². The number of aliphatic hydroxyl groups excluding tert-OH is 1. The quantitative estimate of drug-likeness (QED) is 0.150. The topological polar surface area (TPSA) is 119 Å². The molecule has 1 aliphatic heterocycles. The SMILES string of the molecule is COCCN1C(=O)C(=O)/C(=C(\O)c2cccc([N+](=O)[O-])c2)C1c1cccc(OCc2ccc(C)cc2)c1. The maximum absolute atomic E-state index is 13.1. The smallest absolute Gasteiger partial charge is 0.295 e. The number of nitrogens with zero attached hydrogens (tertiary/aromatic N) is 2. The summed E-state index contributed by atoms with van der Waals surface area (Å²) in [7, 11) is 1.48. The van der Waals surface area contributed by atoms with Crippen molar-refractivity contribution in [3.05, 3.63) is 111 Å². The minimum absolute atomic E-state index is 0.0655. The largest absolute Gasteiger partial charge is 0.507 e. The van der Waals surface area contributed by atoms with Gasteiger partial charge in [0.05, 0.1) is 23.1 Å². The molecule has 1 heterocycles. The van der Waals surface area contributed by atoms with Gasteiger partial charge >= 0.3 is 0 Å². The van der Waals surface area contributed by atoms with E-state index in [2.05, 4.69) is 0 Å². The third-order valence-corrected chi connectivity index (χ3v) is 6.11. The average molecular weight is 503 g/mol. The summed E-state index contributed by atoms with van der Waals surface area (Å²) in [6.45, 7) is 2.60. The fourth-order valence-electron chi connectivity index (χ4n) is 4.19. The van der Waals surface area contributed by atoms with Crippen molar-refractivity contribution in [1.29, 1.82) is 0 Å². The van der Waals surface area contributed by atoms with Crippen molar-refractivity contribution in [1.82, 2.24) is 4.90 Å². The first-order valence-corrected chi connectivity index (χ1v) is 11.6. The minimum atomic E-state index is -0.933. The first-order valence-electron chi connectivity index (χ1n) is 11.6. The van der Waals surface area contributed by atoms with Crippen molar-refractivity contribution in [3.8, 4) is 5.75 Å². The van der Waals surface area contributed by atoms with Gasteiger partial charge in [-0.2, -0.15) is 0 Å². The van der Waals surface area contributed by atoms with Crippen LogP contribution in [0.25, 0.3) is 5.76 Å². The molecule has 3 aromatic carbocycles. The van der Waals surface area contributed by atoms with Crippen LogP contribution in [0.5, 0.6) is 5.75 Å². The van der Waals surface area contributed by atoms with Crippen LogP contribution in [0, 0.1) is 17.0 Å². The van der Waals surface area contributed by atoms with Gasteiger partial charge in [-0.05, 0) is 30.2 Å². The van der Waals surface area contributed by atoms with Gasteiger partial charge in [0.1, 0.15) is 18.1 Å². The number of hydrogen-bond acceptors (Lipinski definition) is 7. The summed E-state index contributed by atoms with van der Waals surface area (Å²) in [5.41, 5.74) is 2.32. The van der Waals surface area contributed by atoms with Crippen LogP contribution in [0.1, 0.15) is 28.3 Å². The highest BCUT2D eigenvalue weighted by Gasteiger charge is 2.46. The molecular formula is C28H26N2O7. The van der Waals surface area contributed by atoms with Crippen LogP contribution in [-0.4, -0.2) is 46.9 Å². The van der Waals surface area contributed by atoms with Crippen molar-refractivity contribution >= 4 is 23.1 Å². The predicted molar refractivity (Wildman–Crippen MR) is 136 cm³/mol. The Morgan fingerprint density at radius 2 is 1.78 bits per heavy atom. The van der Waals surface area contributed by atoms with Crippen molar-refractivity contribution < 1.29 is 29.1 Å². The number of methoxy groups -OCH3 is 1. The normalized spacial score (nSPS) is 16.7. The van der Waals surface area contributed by atoms with Gasteiger partial charge in [0.2, 0.25) is 0 Å². The van der Waals surface area contributed by atoms with Gasteiger partial charge in [-0.1, -0.05) is 54.1 Å². The third-order valence-electron chi connectivity index (χ3n) is 6.11. The highest BCUT2D eigenvalue weighted by Crippen LogP contribution is 2.40. The summed E-state index contributed by atoms with van der Waals surface area (Å²) in [4.78, 5) is 38.0. The van der Waals surface area contributed by atoms with Gasteiger partial charge in [0, 0.05) is 31.4 Å². The maximum atomic E-state index is 13.1. The van der Waals surface area contributed by atoms with Crippen LogP contribution in [-0.2, 0) is 20.9 Å². The Hall–Kier alpha value is -4.50. The van der Waals surface area contributed by atoms with Gasteiger partial charge in [-0.15, -0.1) is 0 Å². The fraction of sp³-hybridized carbons (Fsp3) is 0.214. The molecule has 1 fully saturated rings. The van der Waals surface area contributed by atoms with E-state index in [9.17, 15) is 24.8 Å². The van der Waals surface area contributed by atoms with E-state index in [0.29, 0.717) is 17.9 Å². The van der Waals surface area contributed by atoms with E-state index in [1.165, 1.54) is 30.2 Å². The lowest BCUT2D eigenvalue weighted by molar-refractivity contribution is -0.384. The molecule has 9 nitrogen and oxygen atoms in total. The van der Waals surface area contributed by atoms with Crippen LogP contribution >= 0.6 is 0 Å². The second kappa shape index (κ2) is 11.0. The molecule has 4 rings (SSSR count). The summed E-state index contributed by atoms with van der Waals surface area (Å²) in [6, 6.07) is 19.2. The molecule has 0 aliphatic carbocycles. The number of benzene rings is 3. The molecule has 0 bridgehead atoms. The lowest BCUT2D eigenvalue weighted by Crippen LogP contribution is -2.32. The van der Waals surface area contributed by atoms with Crippen molar-refractivity contribution in [3.63, 3.8) is 0 Å². The van der Waals surface area contributed by atoms with Crippen LogP contribution in [0.15, 0.2) is 78.4 Å². The number of nitro groups is 1. The third kappa shape index (κ3) is 5.52. The van der Waals surface area contributed by atoms with E-state index in [4.69, 9.17) is 9.47 Å². The highest BCUT2D eigenvalue weighted by molar-refractivity contribution is 6.46. The first kappa shape index (κ1) is 25.6. The Balaban J connectivity index is 1.74. The van der Waals surface area contributed by atoms with E-state index >= 15 is 0 Å². The standard InChI is InChI=1S/C28H26N2O7/c1-18-9-11-19(12-10-18)17-37-23-8-4-5-20(16-23)25-24(27(32)28(33)29(25)13-14-36-2)26(31)21-6-3-7-22(15-21)30(34)35/h3-12,15-16,25,31H,13-14,17H2,1-2H3/b26-24-. The lowest BCUT2D eigenvalue weighted by Gasteiger charge is -2.25. The molecule has 1 unspecified atom stereocenters. The number of carbonyl (C=O) groups is 2. The second-order valence-electron chi connectivity index (χ2n) is 8.64. The van der Waals surface area contributed by atoms with Crippen LogP contribution in [0.4, 0.5) is 5.69 Å². The number of likely N-dealkylation sites (tertiary alicyclic amines) is 1. The average Bonchev–Trinajstić information content (AvgIpc) is 3.16. The van der Waals surface area contributed by atoms with Gasteiger partial charge in [-0.3, -0.25) is 19.7 Å². The second-order valence-corrected chi connectivity index (χ2v) is 8.64. The van der Waals surface area contributed by atoms with Gasteiger partial charge in [-0.25, -0.2) is 0 Å². The zero-order valence-electron chi connectivity index (χ0n) is 20.4. The molecule has 3 aromatic rings. The minimum Gasteiger partial charge on any atom is -0.507 e. The summed E-state index contributed by atoms with van der Waals surface area (Å²) >= 11 is 0. The van der Waals surface area contributed by atoms with E-state index in [1.807, 2.05) is 31.2 Å². The van der Waals surface area contributed by atoms with E-state index in [-0.39, 0.29) is 30.0 Å². The zero-order chi connectivity index (χ0) is 26.5. The Kier molecular flexibility index (Phi) is 7.64. The summed E-state index contributed by atoms with van der Waals surface area (Å²) in [5, 5.41) is 22.4. The number of Topliss-reactive ketones (excluding diaryl/α,β-unsaturated/α-hetero) is 1. The molecular weight excluding hydrogens is 476 g/mol. The number of ketones is 1. The molecule has 0 saturated carbocycles. The monoisotopic (exact) mass is 502 g/mol. The summed E-state index contributed by atoms with van der Waals surface area (Å²) in [6.07, 6.45) is 0. The molecule has 0 spiro atoms. The molecule has 1 amide bonds. The first-order chi connectivity index (χ1) is 17.8. The Morgan fingerprint density at radius 3 is 2.49 bits per heavy atom. The number of carbonyl (C=O) groups excluding carboxylic acids is 2. The summed E-state index contributed by atoms with van der Waals surface area (Å²) in [5.74, 6) is -1.64. The molecule has 1 atom stereocenters. The Bertz CT molecular complexity index is 1360. The van der Waals surface area contributed by atoms with E-state index < -0.39 is 28.4 Å². The number of aryl methyl sites for hydroxylation is 1. The molecule has 0 aromatic heterocycles. The molecule has 0 radical (unpaired) electrons. The molecule has 1 saturated heterocycles. The number of nitro benzene ring substituents is 1. The van der Waals surface area contributed by atoms with Crippen LogP contribution in [0.3, 0.4) is 0 Å². The highest BCUT2D eigenvalue weighted by atomic mass is 16.6. The number of aliphatic hydroxyl groups is 1. The van der Waals surface area contributed by atoms with Crippen molar-refractivity contribution in [2.24, 2.45) is 0 Å². The van der Waals surface area contributed by atoms with E-state index in [0.717, 1.165) is 17.2 Å². The number of amides is 1. The number of ether oxygens (including phenoxy) is 2. The van der Waals surface area contributed by atoms with Gasteiger partial charge < -0.3 is 19.5 Å². The Morgan fingerprint density at radius 1 is 1.05 bits per heavy atom. The van der Waals surface area contributed by atoms with Crippen LogP contribution in [0.2, 0.25) is 0 Å². The molecule has 1 aliphatic rings. The number of non-ortho nitro benzene ring substituents is 1. The molecule has 9 heteroatoms. The lowest BCUT2D eigenvalue weighted by atomic mass is 9.95. The molecule has 37 heavy (non-hydrogen) atoms.